The van der Waals surface area contributed by atoms with E-state index in [-0.39, 0.29) is 0 Å². The SMILES string of the molecule is CCCCCCCCCc1ccc(Nc2ccc(CCCCCCCCC)cc2CCCCCCCCC)cc1. The molecule has 40 heavy (non-hydrogen) atoms. The Kier molecular flexibility index (Phi) is 20.6. The van der Waals surface area contributed by atoms with Crippen molar-refractivity contribution in [3.05, 3.63) is 59.2 Å². The predicted molar refractivity (Wildman–Crippen MR) is 181 cm³/mol. The van der Waals surface area contributed by atoms with Crippen molar-refractivity contribution in [2.24, 2.45) is 0 Å². The molecular weight excluding hydrogens is 482 g/mol. The van der Waals surface area contributed by atoms with Crippen molar-refractivity contribution >= 4 is 11.4 Å². The first kappa shape index (κ1) is 34.4. The van der Waals surface area contributed by atoms with Crippen molar-refractivity contribution < 1.29 is 0 Å². The highest BCUT2D eigenvalue weighted by molar-refractivity contribution is 5.64. The highest BCUT2D eigenvalue weighted by Crippen LogP contribution is 2.26. The Morgan fingerprint density at radius 2 is 0.800 bits per heavy atom. The highest BCUT2D eigenvalue weighted by atomic mass is 14.9. The molecule has 0 saturated carbocycles. The van der Waals surface area contributed by atoms with Crippen molar-refractivity contribution in [1.82, 2.24) is 0 Å². The number of anilines is 2. The van der Waals surface area contributed by atoms with E-state index in [1.54, 1.807) is 0 Å². The molecule has 0 amide bonds. The minimum absolute atomic E-state index is 1.19. The van der Waals surface area contributed by atoms with Crippen LogP contribution in [0.5, 0.6) is 0 Å². The average molecular weight is 548 g/mol. The van der Waals surface area contributed by atoms with Crippen molar-refractivity contribution in [2.75, 3.05) is 5.32 Å². The third kappa shape index (κ3) is 16.5. The van der Waals surface area contributed by atoms with E-state index in [0.29, 0.717) is 0 Å². The number of nitrogens with one attached hydrogen (secondary N) is 1. The molecule has 2 rings (SSSR count). The third-order valence-electron chi connectivity index (χ3n) is 8.59. The Morgan fingerprint density at radius 1 is 0.400 bits per heavy atom. The van der Waals surface area contributed by atoms with Crippen molar-refractivity contribution in [3.63, 3.8) is 0 Å². The van der Waals surface area contributed by atoms with Gasteiger partial charge in [0.15, 0.2) is 0 Å². The molecule has 1 heteroatoms. The molecule has 0 bridgehead atoms. The first-order chi connectivity index (χ1) is 19.8. The monoisotopic (exact) mass is 548 g/mol. The summed E-state index contributed by atoms with van der Waals surface area (Å²) in [5.74, 6) is 0. The van der Waals surface area contributed by atoms with Gasteiger partial charge in [-0.15, -0.1) is 0 Å². The maximum atomic E-state index is 3.79. The first-order valence-electron chi connectivity index (χ1n) is 17.7. The lowest BCUT2D eigenvalue weighted by molar-refractivity contribution is 0.587. The predicted octanol–water partition coefficient (Wildman–Crippen LogP) is 13.3. The summed E-state index contributed by atoms with van der Waals surface area (Å²) in [6.07, 6.45) is 32.6. The van der Waals surface area contributed by atoms with Gasteiger partial charge in [-0.3, -0.25) is 0 Å². The number of rotatable bonds is 26. The van der Waals surface area contributed by atoms with E-state index in [1.807, 2.05) is 0 Å². The van der Waals surface area contributed by atoms with Gasteiger partial charge in [-0.05, 0) is 73.4 Å². The normalized spacial score (nSPS) is 11.3. The van der Waals surface area contributed by atoms with Crippen LogP contribution < -0.4 is 5.32 Å². The summed E-state index contributed by atoms with van der Waals surface area (Å²) in [6.45, 7) is 6.90. The van der Waals surface area contributed by atoms with Gasteiger partial charge >= 0.3 is 0 Å². The van der Waals surface area contributed by atoms with E-state index < -0.39 is 0 Å². The molecule has 0 radical (unpaired) electrons. The summed E-state index contributed by atoms with van der Waals surface area (Å²) in [5.41, 5.74) is 7.06. The summed E-state index contributed by atoms with van der Waals surface area (Å²) in [7, 11) is 0. The summed E-state index contributed by atoms with van der Waals surface area (Å²) in [5, 5.41) is 3.79. The number of benzene rings is 2. The van der Waals surface area contributed by atoms with Crippen LogP contribution >= 0.6 is 0 Å². The summed E-state index contributed by atoms with van der Waals surface area (Å²) in [4.78, 5) is 0. The molecule has 1 nitrogen and oxygen atoms in total. The molecule has 0 atom stereocenters. The van der Waals surface area contributed by atoms with Gasteiger partial charge in [-0.1, -0.05) is 161 Å². The largest absolute Gasteiger partial charge is 0.355 e. The zero-order valence-electron chi connectivity index (χ0n) is 27.0. The van der Waals surface area contributed by atoms with Gasteiger partial charge in [0.1, 0.15) is 0 Å². The van der Waals surface area contributed by atoms with Crippen molar-refractivity contribution in [1.29, 1.82) is 0 Å². The van der Waals surface area contributed by atoms with E-state index in [2.05, 4.69) is 68.6 Å². The molecule has 2 aromatic carbocycles. The van der Waals surface area contributed by atoms with Gasteiger partial charge in [0, 0.05) is 11.4 Å². The Labute approximate surface area is 250 Å². The molecule has 0 aliphatic heterocycles. The maximum absolute atomic E-state index is 3.79. The molecule has 0 aliphatic rings. The zero-order chi connectivity index (χ0) is 28.5. The van der Waals surface area contributed by atoms with Gasteiger partial charge in [-0.2, -0.15) is 0 Å². The Morgan fingerprint density at radius 3 is 1.30 bits per heavy atom. The fourth-order valence-corrected chi connectivity index (χ4v) is 5.89. The number of hydrogen-bond acceptors (Lipinski definition) is 1. The lowest BCUT2D eigenvalue weighted by Crippen LogP contribution is -1.99. The van der Waals surface area contributed by atoms with Crippen LogP contribution in [0.4, 0.5) is 11.4 Å². The van der Waals surface area contributed by atoms with Gasteiger partial charge in [-0.25, -0.2) is 0 Å². The number of hydrogen-bond donors (Lipinski definition) is 1. The minimum Gasteiger partial charge on any atom is -0.355 e. The molecule has 226 valence electrons. The van der Waals surface area contributed by atoms with Crippen molar-refractivity contribution in [3.8, 4) is 0 Å². The summed E-state index contributed by atoms with van der Waals surface area (Å²) < 4.78 is 0. The van der Waals surface area contributed by atoms with Crippen LogP contribution in [0.3, 0.4) is 0 Å². The van der Waals surface area contributed by atoms with Crippen LogP contribution in [0.15, 0.2) is 42.5 Å². The standard InChI is InChI=1S/C39H65N/c1-4-7-10-13-16-19-22-25-35-28-31-38(32-29-35)40-39-33-30-36(26-23-20-17-14-11-8-5-2)34-37(39)27-24-21-18-15-12-9-6-3/h28-34,40H,4-27H2,1-3H3. The third-order valence-corrected chi connectivity index (χ3v) is 8.59. The Bertz CT molecular complexity index is 836. The average Bonchev–Trinajstić information content (AvgIpc) is 2.97. The molecule has 0 aliphatic carbocycles. The highest BCUT2D eigenvalue weighted by Gasteiger charge is 2.07. The zero-order valence-corrected chi connectivity index (χ0v) is 27.0. The quantitative estimate of drug-likeness (QED) is 0.115. The lowest BCUT2D eigenvalue weighted by Gasteiger charge is -2.15. The van der Waals surface area contributed by atoms with E-state index in [1.165, 1.54) is 182 Å². The molecule has 1 N–H and O–H groups in total. The molecule has 0 heterocycles. The summed E-state index contributed by atoms with van der Waals surface area (Å²) in [6, 6.07) is 16.5. The van der Waals surface area contributed by atoms with Crippen LogP contribution in [0, 0.1) is 0 Å². The van der Waals surface area contributed by atoms with Crippen LogP contribution in [0.2, 0.25) is 0 Å². The summed E-state index contributed by atoms with van der Waals surface area (Å²) >= 11 is 0. The Hall–Kier alpha value is -1.76. The van der Waals surface area contributed by atoms with E-state index >= 15 is 0 Å². The molecular formula is C39H65N. The second-order valence-corrected chi connectivity index (χ2v) is 12.4. The fourth-order valence-electron chi connectivity index (χ4n) is 5.89. The maximum Gasteiger partial charge on any atom is 0.0416 e. The molecule has 0 aromatic heterocycles. The number of aryl methyl sites for hydroxylation is 3. The van der Waals surface area contributed by atoms with E-state index in [9.17, 15) is 0 Å². The van der Waals surface area contributed by atoms with Gasteiger partial charge < -0.3 is 5.32 Å². The second kappa shape index (κ2) is 23.9. The van der Waals surface area contributed by atoms with Gasteiger partial charge in [0.2, 0.25) is 0 Å². The van der Waals surface area contributed by atoms with E-state index in [4.69, 9.17) is 0 Å². The molecule has 0 spiro atoms. The van der Waals surface area contributed by atoms with Crippen molar-refractivity contribution in [2.45, 2.75) is 175 Å². The molecule has 2 aromatic rings. The van der Waals surface area contributed by atoms with Crippen LogP contribution in [-0.4, -0.2) is 0 Å². The smallest absolute Gasteiger partial charge is 0.0416 e. The fraction of sp³-hybridized carbons (Fsp3) is 0.692. The molecule has 0 fully saturated rings. The van der Waals surface area contributed by atoms with Gasteiger partial charge in [0.25, 0.3) is 0 Å². The van der Waals surface area contributed by atoms with Crippen LogP contribution in [-0.2, 0) is 19.3 Å². The second-order valence-electron chi connectivity index (χ2n) is 12.4. The molecule has 0 unspecified atom stereocenters. The van der Waals surface area contributed by atoms with E-state index in [0.717, 1.165) is 0 Å². The Balaban J connectivity index is 1.87. The lowest BCUT2D eigenvalue weighted by atomic mass is 9.98. The molecule has 0 saturated heterocycles. The van der Waals surface area contributed by atoms with Gasteiger partial charge in [0.05, 0.1) is 0 Å². The minimum atomic E-state index is 1.19. The number of unbranched alkanes of at least 4 members (excludes halogenated alkanes) is 18. The van der Waals surface area contributed by atoms with Crippen LogP contribution in [0.25, 0.3) is 0 Å². The topological polar surface area (TPSA) is 12.0 Å². The first-order valence-corrected chi connectivity index (χ1v) is 17.7. The van der Waals surface area contributed by atoms with Crippen LogP contribution in [0.1, 0.15) is 172 Å².